The average molecular weight is 290 g/mol. The van der Waals surface area contributed by atoms with Crippen molar-refractivity contribution in [3.8, 4) is 0 Å². The number of amides is 1. The van der Waals surface area contributed by atoms with Crippen molar-refractivity contribution < 1.29 is 14.7 Å². The van der Waals surface area contributed by atoms with Gasteiger partial charge in [0.05, 0.1) is 17.9 Å². The molecule has 1 fully saturated rings. The Hall–Kier alpha value is -2.71. The van der Waals surface area contributed by atoms with Crippen LogP contribution in [0.1, 0.15) is 32.7 Å². The molecule has 2 aromatic rings. The number of nitrogens with zero attached hydrogens (tertiary/aromatic N) is 6. The molecule has 1 saturated heterocycles. The Morgan fingerprint density at radius 3 is 2.62 bits per heavy atom. The summed E-state index contributed by atoms with van der Waals surface area (Å²) in [6, 6.07) is 1.71. The van der Waals surface area contributed by atoms with Crippen LogP contribution >= 0.6 is 0 Å². The van der Waals surface area contributed by atoms with Crippen molar-refractivity contribution in [3.05, 3.63) is 29.3 Å². The largest absolute Gasteiger partial charge is 0.476 e. The van der Waals surface area contributed by atoms with Gasteiger partial charge in [0.15, 0.2) is 5.69 Å². The fraction of sp³-hybridized carbons (Fsp3) is 0.417. The Bertz CT molecular complexity index is 712. The van der Waals surface area contributed by atoms with Crippen molar-refractivity contribution in [1.29, 1.82) is 0 Å². The van der Waals surface area contributed by atoms with Gasteiger partial charge in [0, 0.05) is 20.1 Å². The molecule has 21 heavy (non-hydrogen) atoms. The van der Waals surface area contributed by atoms with Gasteiger partial charge in [-0.25, -0.2) is 9.48 Å². The van der Waals surface area contributed by atoms with E-state index >= 15 is 0 Å². The van der Waals surface area contributed by atoms with Crippen LogP contribution in [0.5, 0.6) is 0 Å². The highest BCUT2D eigenvalue weighted by atomic mass is 16.4. The fourth-order valence-corrected chi connectivity index (χ4v) is 2.31. The van der Waals surface area contributed by atoms with Crippen molar-refractivity contribution >= 4 is 11.9 Å². The van der Waals surface area contributed by atoms with Gasteiger partial charge in [-0.15, -0.1) is 5.10 Å². The van der Waals surface area contributed by atoms with E-state index in [0.29, 0.717) is 18.8 Å². The second-order valence-electron chi connectivity index (χ2n) is 5.05. The lowest BCUT2D eigenvalue weighted by Gasteiger charge is -2.38. The van der Waals surface area contributed by atoms with Crippen LogP contribution in [0.4, 0.5) is 0 Å². The number of carbonyl (C=O) groups excluding carboxylic acids is 1. The number of aryl methyl sites for hydroxylation is 2. The van der Waals surface area contributed by atoms with Crippen LogP contribution in [0, 0.1) is 6.92 Å². The maximum absolute atomic E-state index is 12.3. The molecular formula is C12H14N6O3. The third kappa shape index (κ3) is 2.26. The van der Waals surface area contributed by atoms with Crippen molar-refractivity contribution in [3.63, 3.8) is 0 Å². The Morgan fingerprint density at radius 1 is 1.38 bits per heavy atom. The zero-order valence-electron chi connectivity index (χ0n) is 11.6. The average Bonchev–Trinajstić information content (AvgIpc) is 2.94. The summed E-state index contributed by atoms with van der Waals surface area (Å²) < 4.78 is 3.05. The first-order chi connectivity index (χ1) is 9.95. The molecule has 9 heteroatoms. The summed E-state index contributed by atoms with van der Waals surface area (Å²) in [6.45, 7) is 2.79. The van der Waals surface area contributed by atoms with Gasteiger partial charge in [-0.3, -0.25) is 9.48 Å². The van der Waals surface area contributed by atoms with Gasteiger partial charge in [-0.2, -0.15) is 5.10 Å². The molecule has 9 nitrogen and oxygen atoms in total. The molecule has 0 unspecified atom stereocenters. The van der Waals surface area contributed by atoms with E-state index < -0.39 is 5.97 Å². The SMILES string of the molecule is Cc1cc(C(=O)N2CC(n3cc(C(=O)O)nn3)C2)n(C)n1. The van der Waals surface area contributed by atoms with E-state index in [4.69, 9.17) is 5.11 Å². The van der Waals surface area contributed by atoms with E-state index in [1.807, 2.05) is 6.92 Å². The maximum Gasteiger partial charge on any atom is 0.358 e. The minimum Gasteiger partial charge on any atom is -0.476 e. The molecule has 0 atom stereocenters. The molecule has 110 valence electrons. The Labute approximate surface area is 119 Å². The van der Waals surface area contributed by atoms with E-state index in [-0.39, 0.29) is 17.6 Å². The maximum atomic E-state index is 12.3. The zero-order valence-corrected chi connectivity index (χ0v) is 11.6. The van der Waals surface area contributed by atoms with E-state index in [0.717, 1.165) is 5.69 Å². The second-order valence-corrected chi connectivity index (χ2v) is 5.05. The molecule has 0 spiro atoms. The summed E-state index contributed by atoms with van der Waals surface area (Å²) in [7, 11) is 1.73. The molecule has 3 rings (SSSR count). The number of likely N-dealkylation sites (tertiary alicyclic amines) is 1. The highest BCUT2D eigenvalue weighted by Gasteiger charge is 2.34. The van der Waals surface area contributed by atoms with E-state index in [1.165, 1.54) is 10.9 Å². The normalized spacial score (nSPS) is 15.0. The molecule has 1 aliphatic rings. The van der Waals surface area contributed by atoms with Crippen LogP contribution in [-0.2, 0) is 7.05 Å². The van der Waals surface area contributed by atoms with Crippen molar-refractivity contribution in [2.75, 3.05) is 13.1 Å². The van der Waals surface area contributed by atoms with Gasteiger partial charge in [-0.05, 0) is 13.0 Å². The summed E-state index contributed by atoms with van der Waals surface area (Å²) in [6.07, 6.45) is 1.38. The molecule has 3 heterocycles. The smallest absolute Gasteiger partial charge is 0.358 e. The number of hydrogen-bond acceptors (Lipinski definition) is 5. The topological polar surface area (TPSA) is 106 Å². The lowest BCUT2D eigenvalue weighted by Crippen LogP contribution is -2.51. The summed E-state index contributed by atoms with van der Waals surface area (Å²) in [5, 5.41) is 20.3. The molecule has 0 bridgehead atoms. The summed E-state index contributed by atoms with van der Waals surface area (Å²) in [4.78, 5) is 24.7. The number of rotatable bonds is 3. The van der Waals surface area contributed by atoms with E-state index in [1.54, 1.807) is 22.7 Å². The summed E-state index contributed by atoms with van der Waals surface area (Å²) >= 11 is 0. The monoisotopic (exact) mass is 290 g/mol. The lowest BCUT2D eigenvalue weighted by molar-refractivity contribution is 0.0486. The van der Waals surface area contributed by atoms with Crippen molar-refractivity contribution in [2.45, 2.75) is 13.0 Å². The minimum absolute atomic E-state index is 0.0381. The quantitative estimate of drug-likeness (QED) is 0.833. The number of carbonyl (C=O) groups is 2. The molecule has 0 aliphatic carbocycles. The van der Waals surface area contributed by atoms with Gasteiger partial charge in [-0.1, -0.05) is 5.21 Å². The van der Waals surface area contributed by atoms with Crippen LogP contribution in [0.15, 0.2) is 12.3 Å². The predicted octanol–water partition coefficient (Wildman–Crippen LogP) is -0.285. The number of aromatic carboxylic acids is 1. The molecule has 0 radical (unpaired) electrons. The van der Waals surface area contributed by atoms with Gasteiger partial charge >= 0.3 is 5.97 Å². The van der Waals surface area contributed by atoms with Crippen LogP contribution < -0.4 is 0 Å². The Morgan fingerprint density at radius 2 is 2.10 bits per heavy atom. The Balaban J connectivity index is 1.66. The zero-order chi connectivity index (χ0) is 15.1. The molecule has 2 aromatic heterocycles. The number of hydrogen-bond donors (Lipinski definition) is 1. The van der Waals surface area contributed by atoms with Gasteiger partial charge in [0.25, 0.3) is 5.91 Å². The molecular weight excluding hydrogens is 276 g/mol. The first-order valence-corrected chi connectivity index (χ1v) is 6.40. The lowest BCUT2D eigenvalue weighted by atomic mass is 10.1. The van der Waals surface area contributed by atoms with Crippen LogP contribution in [0.3, 0.4) is 0 Å². The number of aromatic nitrogens is 5. The third-order valence-electron chi connectivity index (χ3n) is 3.47. The van der Waals surface area contributed by atoms with Crippen LogP contribution in [0.25, 0.3) is 0 Å². The van der Waals surface area contributed by atoms with Gasteiger partial charge in [0.1, 0.15) is 5.69 Å². The first-order valence-electron chi connectivity index (χ1n) is 6.40. The molecule has 1 aliphatic heterocycles. The molecule has 0 aromatic carbocycles. The first kappa shape index (κ1) is 13.3. The fourth-order valence-electron chi connectivity index (χ4n) is 2.31. The van der Waals surface area contributed by atoms with E-state index in [2.05, 4.69) is 15.4 Å². The van der Waals surface area contributed by atoms with Gasteiger partial charge < -0.3 is 10.0 Å². The number of carboxylic acid groups (broad SMARTS) is 1. The molecule has 1 amide bonds. The summed E-state index contributed by atoms with van der Waals surface area (Å²) in [5.74, 6) is -1.20. The van der Waals surface area contributed by atoms with Crippen molar-refractivity contribution in [1.82, 2.24) is 29.7 Å². The molecule has 0 saturated carbocycles. The van der Waals surface area contributed by atoms with Crippen LogP contribution in [0.2, 0.25) is 0 Å². The highest BCUT2D eigenvalue weighted by molar-refractivity contribution is 5.93. The number of carboxylic acids is 1. The molecule has 1 N–H and O–H groups in total. The van der Waals surface area contributed by atoms with Crippen molar-refractivity contribution in [2.24, 2.45) is 7.05 Å². The minimum atomic E-state index is -1.11. The second kappa shape index (κ2) is 4.69. The van der Waals surface area contributed by atoms with Crippen LogP contribution in [-0.4, -0.2) is 59.7 Å². The van der Waals surface area contributed by atoms with Gasteiger partial charge in [0.2, 0.25) is 0 Å². The third-order valence-corrected chi connectivity index (χ3v) is 3.47. The Kier molecular flexibility index (Phi) is 2.96. The summed E-state index contributed by atoms with van der Waals surface area (Å²) in [5.41, 5.74) is 1.23. The highest BCUT2D eigenvalue weighted by Crippen LogP contribution is 2.22. The standard InChI is InChI=1S/C12H14N6O3/c1-7-3-10(16(2)14-7)11(19)17-4-8(5-17)18-6-9(12(20)21)13-15-18/h3,6,8H,4-5H2,1-2H3,(H,20,21). The van der Waals surface area contributed by atoms with E-state index in [9.17, 15) is 9.59 Å². The predicted molar refractivity (Wildman–Crippen MR) is 69.9 cm³/mol.